The Morgan fingerprint density at radius 2 is 1.35 bits per heavy atom. The fourth-order valence-corrected chi connectivity index (χ4v) is 3.92. The summed E-state index contributed by atoms with van der Waals surface area (Å²) in [6.45, 7) is 3.54. The predicted molar refractivity (Wildman–Crippen MR) is 129 cm³/mol. The van der Waals surface area contributed by atoms with E-state index in [2.05, 4.69) is 20.7 Å². The summed E-state index contributed by atoms with van der Waals surface area (Å²) < 4.78 is 2.63. The lowest BCUT2D eigenvalue weighted by Crippen LogP contribution is -2.55. The predicted octanol–water partition coefficient (Wildman–Crippen LogP) is 2.34. The van der Waals surface area contributed by atoms with Crippen LogP contribution in [0.15, 0.2) is 70.6 Å². The van der Waals surface area contributed by atoms with E-state index in [1.165, 1.54) is 19.4 Å². The number of aryl methyl sites for hydroxylation is 2. The quantitative estimate of drug-likeness (QED) is 0.468. The van der Waals surface area contributed by atoms with Crippen molar-refractivity contribution in [3.63, 3.8) is 0 Å². The molecule has 4 bridgehead atoms. The number of benzene rings is 2. The molecule has 0 radical (unpaired) electrons. The van der Waals surface area contributed by atoms with Gasteiger partial charge in [-0.1, -0.05) is 43.8 Å². The van der Waals surface area contributed by atoms with Crippen molar-refractivity contribution >= 4 is 39.1 Å². The number of hydrogen-bond donors (Lipinski definition) is 1. The molecule has 0 unspecified atom stereocenters. The number of hydrazone groups is 1. The zero-order chi connectivity index (χ0) is 24.0. The number of amidine groups is 1. The van der Waals surface area contributed by atoms with Gasteiger partial charge in [-0.05, 0) is 64.9 Å². The van der Waals surface area contributed by atoms with Gasteiger partial charge in [-0.15, -0.1) is 5.10 Å². The highest BCUT2D eigenvalue weighted by atomic mass is 16.2. The molecule has 170 valence electrons. The minimum absolute atomic E-state index is 0.276. The summed E-state index contributed by atoms with van der Waals surface area (Å²) in [6, 6.07) is 19.3. The minimum atomic E-state index is -0.329. The van der Waals surface area contributed by atoms with Crippen LogP contribution in [0, 0.1) is 6.92 Å². The van der Waals surface area contributed by atoms with Gasteiger partial charge in [0.05, 0.1) is 5.69 Å². The molecule has 1 aliphatic heterocycles. The lowest BCUT2D eigenvalue weighted by Gasteiger charge is -2.30. The first kappa shape index (κ1) is 21.3. The van der Waals surface area contributed by atoms with Crippen LogP contribution in [0.4, 0.5) is 10.5 Å². The van der Waals surface area contributed by atoms with Crippen LogP contribution in [0.25, 0.3) is 27.2 Å². The van der Waals surface area contributed by atoms with Gasteiger partial charge in [0.2, 0.25) is 5.82 Å². The molecule has 5 rings (SSSR count). The van der Waals surface area contributed by atoms with E-state index in [0.717, 1.165) is 21.5 Å². The Kier molecular flexibility index (Phi) is 5.05. The largest absolute Gasteiger partial charge is 0.544 e. The van der Waals surface area contributed by atoms with Crippen molar-refractivity contribution in [1.29, 1.82) is 0 Å². The SMILES string of the molecule is CC1=NN(c2cc3ccc4cc(-n5nc(C)n[n+](C)c5=O)cc(ccc(c2)c3)c4)C(=O)N(C)N1. The van der Waals surface area contributed by atoms with Crippen LogP contribution in [0.1, 0.15) is 12.7 Å². The van der Waals surface area contributed by atoms with Crippen molar-refractivity contribution in [2.45, 2.75) is 13.8 Å². The van der Waals surface area contributed by atoms with E-state index in [1.807, 2.05) is 60.7 Å². The van der Waals surface area contributed by atoms with E-state index in [9.17, 15) is 9.59 Å². The third-order valence-corrected chi connectivity index (χ3v) is 5.40. The number of nitrogens with zero attached hydrogens (tertiary/aromatic N) is 7. The Labute approximate surface area is 195 Å². The molecule has 0 saturated carbocycles. The molecule has 10 heteroatoms. The normalized spacial score (nSPS) is 13.8. The Morgan fingerprint density at radius 1 is 0.824 bits per heavy atom. The van der Waals surface area contributed by atoms with Gasteiger partial charge in [0, 0.05) is 14.0 Å². The van der Waals surface area contributed by atoms with Crippen LogP contribution in [0.2, 0.25) is 0 Å². The van der Waals surface area contributed by atoms with Crippen LogP contribution >= 0.6 is 0 Å². The number of fused-ring (bicyclic) bond motifs is 4. The van der Waals surface area contributed by atoms with Crippen LogP contribution in [0.5, 0.6) is 0 Å². The topological polar surface area (TPSA) is 99.6 Å². The number of urea groups is 1. The Balaban J connectivity index is 1.69. The average Bonchev–Trinajstić information content (AvgIpc) is 2.80. The number of hydrogen-bond acceptors (Lipinski definition) is 6. The highest BCUT2D eigenvalue weighted by Crippen LogP contribution is 2.24. The smallest absolute Gasteiger partial charge is 0.280 e. The molecular formula is C24H23N8O2+. The number of anilines is 1. The molecule has 1 N–H and O–H groups in total. The maximum atomic E-state index is 12.7. The van der Waals surface area contributed by atoms with Crippen molar-refractivity contribution in [2.75, 3.05) is 12.1 Å². The van der Waals surface area contributed by atoms with Gasteiger partial charge >= 0.3 is 11.7 Å². The van der Waals surface area contributed by atoms with E-state index in [-0.39, 0.29) is 11.7 Å². The van der Waals surface area contributed by atoms with Gasteiger partial charge in [0.25, 0.3) is 0 Å². The van der Waals surface area contributed by atoms with Gasteiger partial charge in [-0.2, -0.15) is 9.80 Å². The van der Waals surface area contributed by atoms with Gasteiger partial charge < -0.3 is 0 Å². The average molecular weight is 456 g/mol. The zero-order valence-electron chi connectivity index (χ0n) is 19.2. The third kappa shape index (κ3) is 3.96. The number of amides is 2. The third-order valence-electron chi connectivity index (χ3n) is 5.40. The fourth-order valence-electron chi connectivity index (χ4n) is 3.92. The van der Waals surface area contributed by atoms with E-state index < -0.39 is 0 Å². The fraction of sp³-hybridized carbons (Fsp3) is 0.167. The number of hydrazine groups is 1. The first-order valence-electron chi connectivity index (χ1n) is 10.7. The summed E-state index contributed by atoms with van der Waals surface area (Å²) in [5, 5.41) is 19.2. The highest BCUT2D eigenvalue weighted by molar-refractivity contribution is 5.99. The summed E-state index contributed by atoms with van der Waals surface area (Å²) in [5.74, 6) is 1.11. The maximum absolute atomic E-state index is 12.7. The van der Waals surface area contributed by atoms with Crippen molar-refractivity contribution in [3.8, 4) is 5.69 Å². The van der Waals surface area contributed by atoms with E-state index >= 15 is 0 Å². The number of carbonyl (C=O) groups is 1. The molecule has 0 saturated heterocycles. The second-order valence-corrected chi connectivity index (χ2v) is 8.20. The Hall–Kier alpha value is -4.60. The summed E-state index contributed by atoms with van der Waals surface area (Å²) in [6.07, 6.45) is 0. The molecule has 2 heterocycles. The molecule has 0 atom stereocenters. The highest BCUT2D eigenvalue weighted by Gasteiger charge is 2.24. The van der Waals surface area contributed by atoms with Crippen LogP contribution < -0.4 is 20.8 Å². The van der Waals surface area contributed by atoms with Gasteiger partial charge in [0.1, 0.15) is 12.9 Å². The molecule has 34 heavy (non-hydrogen) atoms. The van der Waals surface area contributed by atoms with E-state index in [0.29, 0.717) is 23.0 Å². The van der Waals surface area contributed by atoms with Gasteiger partial charge in [-0.3, -0.25) is 5.43 Å². The van der Waals surface area contributed by atoms with Gasteiger partial charge in [0.15, 0.2) is 5.69 Å². The number of nitrogens with one attached hydrogen (secondary N) is 1. The maximum Gasteiger partial charge on any atom is 0.544 e. The van der Waals surface area contributed by atoms with Crippen LogP contribution in [-0.2, 0) is 7.05 Å². The number of rotatable bonds is 2. The van der Waals surface area contributed by atoms with E-state index in [1.54, 1.807) is 27.9 Å². The first-order chi connectivity index (χ1) is 16.3. The van der Waals surface area contributed by atoms with Gasteiger partial charge in [-0.25, -0.2) is 9.80 Å². The van der Waals surface area contributed by atoms with Crippen molar-refractivity contribution in [3.05, 3.63) is 77.0 Å². The van der Waals surface area contributed by atoms with Crippen LogP contribution in [-0.4, -0.2) is 38.8 Å². The Bertz CT molecular complexity index is 1530. The standard InChI is InChI=1S/C24H23N8O2/c1-15-25-29(3)23(33)31(27-15)21-11-17-5-7-19-10-20(8-6-18(9-17)12-21)14-22(13-19)32-24(34)30(4)26-16(2)28-32/h5-14H,1-4H3,(H,25,27)/q+1. The number of carbonyl (C=O) groups excluding carboxylic acids is 1. The lowest BCUT2D eigenvalue weighted by atomic mass is 10.1. The summed E-state index contributed by atoms with van der Waals surface area (Å²) in [4.78, 5) is 25.3. The summed E-state index contributed by atoms with van der Waals surface area (Å²) in [5.41, 5.74) is 3.88. The zero-order valence-corrected chi connectivity index (χ0v) is 19.2. The second-order valence-electron chi connectivity index (χ2n) is 8.20. The second kappa shape index (κ2) is 8.07. The molecular weight excluding hydrogens is 432 g/mol. The molecule has 2 amide bonds. The number of aromatic nitrogens is 4. The monoisotopic (exact) mass is 455 g/mol. The summed E-state index contributed by atoms with van der Waals surface area (Å²) >= 11 is 0. The molecule has 3 aromatic carbocycles. The molecule has 0 spiro atoms. The molecule has 1 aliphatic rings. The van der Waals surface area contributed by atoms with E-state index in [4.69, 9.17) is 0 Å². The van der Waals surface area contributed by atoms with Crippen molar-refractivity contribution in [1.82, 2.24) is 25.3 Å². The molecule has 4 aromatic rings. The summed E-state index contributed by atoms with van der Waals surface area (Å²) in [7, 11) is 3.26. The molecule has 0 fully saturated rings. The van der Waals surface area contributed by atoms with Crippen LogP contribution in [0.3, 0.4) is 0 Å². The molecule has 0 aliphatic carbocycles. The lowest BCUT2D eigenvalue weighted by molar-refractivity contribution is -0.750. The minimum Gasteiger partial charge on any atom is -0.280 e. The Morgan fingerprint density at radius 3 is 1.91 bits per heavy atom. The first-order valence-corrected chi connectivity index (χ1v) is 10.7. The molecule has 1 aromatic heterocycles. The molecule has 10 nitrogen and oxygen atoms in total. The van der Waals surface area contributed by atoms with Crippen molar-refractivity contribution in [2.24, 2.45) is 12.1 Å². The van der Waals surface area contributed by atoms with Crippen molar-refractivity contribution < 1.29 is 9.48 Å².